The topological polar surface area (TPSA) is 38.5 Å². The average Bonchev–Trinajstić information content (AvgIpc) is 2.93. The van der Waals surface area contributed by atoms with Gasteiger partial charge in [-0.05, 0) is 31.9 Å². The van der Waals surface area contributed by atoms with Crippen molar-refractivity contribution in [2.45, 2.75) is 51.5 Å². The predicted molar refractivity (Wildman–Crippen MR) is 88.9 cm³/mol. The number of para-hydroxylation sites is 1. The van der Waals surface area contributed by atoms with Gasteiger partial charge in [-0.25, -0.2) is 0 Å². The first-order valence-corrected chi connectivity index (χ1v) is 8.37. The summed E-state index contributed by atoms with van der Waals surface area (Å²) in [5, 5.41) is 0. The molecule has 0 aromatic heterocycles. The Morgan fingerprint density at radius 3 is 2.57 bits per heavy atom. The Hall–Kier alpha value is -1.06. The average molecular weight is 290 g/mol. The normalized spacial score (nSPS) is 17.9. The van der Waals surface area contributed by atoms with Crippen LogP contribution in [-0.4, -0.2) is 36.7 Å². The number of benzene rings is 1. The summed E-state index contributed by atoms with van der Waals surface area (Å²) in [6.07, 6.45) is 3.38. The van der Waals surface area contributed by atoms with Gasteiger partial charge < -0.3 is 10.5 Å². The molecule has 0 bridgehead atoms. The number of nitrogens with two attached hydrogens (primary N) is 1. The minimum atomic E-state index is 0.132. The van der Waals surface area contributed by atoms with Crippen LogP contribution in [0.5, 0.6) is 5.75 Å². The fourth-order valence-corrected chi connectivity index (χ4v) is 3.55. The quantitative estimate of drug-likeness (QED) is 0.797. The van der Waals surface area contributed by atoms with Crippen molar-refractivity contribution >= 4 is 0 Å². The molecule has 1 atom stereocenters. The predicted octanol–water partition coefficient (Wildman–Crippen LogP) is 3.39. The number of fused-ring (bicyclic) bond motifs is 1. The highest BCUT2D eigenvalue weighted by Crippen LogP contribution is 2.36. The van der Waals surface area contributed by atoms with Crippen LogP contribution >= 0.6 is 0 Å². The highest BCUT2D eigenvalue weighted by atomic mass is 16.5. The van der Waals surface area contributed by atoms with E-state index in [9.17, 15) is 0 Å². The Bertz CT molecular complexity index is 434. The van der Waals surface area contributed by atoms with Gasteiger partial charge in [-0.2, -0.15) is 0 Å². The van der Waals surface area contributed by atoms with Gasteiger partial charge in [0, 0.05) is 30.1 Å². The molecule has 3 heteroatoms. The summed E-state index contributed by atoms with van der Waals surface area (Å²) < 4.78 is 5.85. The molecule has 21 heavy (non-hydrogen) atoms. The van der Waals surface area contributed by atoms with Gasteiger partial charge in [0.05, 0.1) is 6.61 Å². The molecule has 0 amide bonds. The van der Waals surface area contributed by atoms with E-state index in [2.05, 4.69) is 43.9 Å². The Kier molecular flexibility index (Phi) is 5.65. The number of hydrogen-bond acceptors (Lipinski definition) is 3. The van der Waals surface area contributed by atoms with Crippen LogP contribution in [0.2, 0.25) is 0 Å². The minimum Gasteiger partial charge on any atom is -0.493 e. The molecular formula is C18H30N2O. The van der Waals surface area contributed by atoms with Crippen molar-refractivity contribution in [1.29, 1.82) is 0 Å². The third-order valence-corrected chi connectivity index (χ3v) is 5.10. The zero-order chi connectivity index (χ0) is 15.3. The SMILES string of the molecule is CCCN(CC1COc2ccccc21)C(CC)(CC)CN. The van der Waals surface area contributed by atoms with E-state index in [4.69, 9.17) is 10.5 Å². The van der Waals surface area contributed by atoms with E-state index in [1.165, 1.54) is 5.56 Å². The molecule has 0 spiro atoms. The van der Waals surface area contributed by atoms with Crippen molar-refractivity contribution in [3.63, 3.8) is 0 Å². The fraction of sp³-hybridized carbons (Fsp3) is 0.667. The van der Waals surface area contributed by atoms with Crippen LogP contribution in [0.4, 0.5) is 0 Å². The molecule has 2 N–H and O–H groups in total. The van der Waals surface area contributed by atoms with Gasteiger partial charge in [0.25, 0.3) is 0 Å². The third-order valence-electron chi connectivity index (χ3n) is 5.10. The van der Waals surface area contributed by atoms with E-state index < -0.39 is 0 Å². The maximum absolute atomic E-state index is 6.16. The van der Waals surface area contributed by atoms with Crippen LogP contribution in [0.25, 0.3) is 0 Å². The van der Waals surface area contributed by atoms with Crippen molar-refractivity contribution in [1.82, 2.24) is 4.90 Å². The summed E-state index contributed by atoms with van der Waals surface area (Å²) in [5.74, 6) is 1.53. The Labute approximate surface area is 129 Å². The summed E-state index contributed by atoms with van der Waals surface area (Å²) >= 11 is 0. The highest BCUT2D eigenvalue weighted by molar-refractivity contribution is 5.39. The van der Waals surface area contributed by atoms with E-state index in [0.717, 1.165) is 51.3 Å². The summed E-state index contributed by atoms with van der Waals surface area (Å²) in [5.41, 5.74) is 7.65. The van der Waals surface area contributed by atoms with Crippen LogP contribution < -0.4 is 10.5 Å². The van der Waals surface area contributed by atoms with Gasteiger partial charge in [-0.1, -0.05) is 39.0 Å². The Morgan fingerprint density at radius 1 is 1.24 bits per heavy atom. The van der Waals surface area contributed by atoms with Crippen LogP contribution in [0.3, 0.4) is 0 Å². The lowest BCUT2D eigenvalue weighted by Gasteiger charge is -2.43. The maximum atomic E-state index is 6.16. The van der Waals surface area contributed by atoms with Crippen molar-refractivity contribution in [2.75, 3.05) is 26.2 Å². The Morgan fingerprint density at radius 2 is 1.95 bits per heavy atom. The molecule has 0 radical (unpaired) electrons. The molecule has 1 heterocycles. The van der Waals surface area contributed by atoms with Crippen molar-refractivity contribution in [3.8, 4) is 5.75 Å². The second kappa shape index (κ2) is 7.28. The van der Waals surface area contributed by atoms with E-state index in [1.807, 2.05) is 6.07 Å². The van der Waals surface area contributed by atoms with Crippen molar-refractivity contribution in [3.05, 3.63) is 29.8 Å². The fourth-order valence-electron chi connectivity index (χ4n) is 3.55. The van der Waals surface area contributed by atoms with Gasteiger partial charge in [0.15, 0.2) is 0 Å². The number of nitrogens with zero attached hydrogens (tertiary/aromatic N) is 1. The molecule has 1 aromatic carbocycles. The smallest absolute Gasteiger partial charge is 0.122 e. The van der Waals surface area contributed by atoms with E-state index in [1.54, 1.807) is 0 Å². The van der Waals surface area contributed by atoms with Gasteiger partial charge in [0.2, 0.25) is 0 Å². The van der Waals surface area contributed by atoms with Gasteiger partial charge in [-0.15, -0.1) is 0 Å². The van der Waals surface area contributed by atoms with Gasteiger partial charge in [0.1, 0.15) is 5.75 Å². The minimum absolute atomic E-state index is 0.132. The summed E-state index contributed by atoms with van der Waals surface area (Å²) in [4.78, 5) is 2.61. The van der Waals surface area contributed by atoms with Crippen molar-refractivity contribution in [2.24, 2.45) is 5.73 Å². The highest BCUT2D eigenvalue weighted by Gasteiger charge is 2.35. The monoisotopic (exact) mass is 290 g/mol. The van der Waals surface area contributed by atoms with Crippen LogP contribution in [0.15, 0.2) is 24.3 Å². The lowest BCUT2D eigenvalue weighted by Crippen LogP contribution is -2.54. The molecule has 2 rings (SSSR count). The van der Waals surface area contributed by atoms with Crippen molar-refractivity contribution < 1.29 is 4.74 Å². The molecule has 1 unspecified atom stereocenters. The molecule has 0 saturated carbocycles. The molecule has 3 nitrogen and oxygen atoms in total. The van der Waals surface area contributed by atoms with Gasteiger partial charge >= 0.3 is 0 Å². The summed E-state index contributed by atoms with van der Waals surface area (Å²) in [6, 6.07) is 8.45. The molecule has 0 aliphatic carbocycles. The number of ether oxygens (including phenoxy) is 1. The summed E-state index contributed by atoms with van der Waals surface area (Å²) in [7, 11) is 0. The summed E-state index contributed by atoms with van der Waals surface area (Å²) in [6.45, 7) is 10.5. The second-order valence-corrected chi connectivity index (χ2v) is 6.13. The molecule has 0 fully saturated rings. The second-order valence-electron chi connectivity index (χ2n) is 6.13. The van der Waals surface area contributed by atoms with E-state index >= 15 is 0 Å². The largest absolute Gasteiger partial charge is 0.493 e. The van der Waals surface area contributed by atoms with Crippen LogP contribution in [0, 0.1) is 0 Å². The molecule has 0 saturated heterocycles. The molecule has 1 aromatic rings. The Balaban J connectivity index is 2.17. The first kappa shape index (κ1) is 16.3. The molecule has 1 aliphatic rings. The third kappa shape index (κ3) is 3.24. The lowest BCUT2D eigenvalue weighted by molar-refractivity contribution is 0.0745. The van der Waals surface area contributed by atoms with E-state index in [0.29, 0.717) is 5.92 Å². The standard InChI is InChI=1S/C18H30N2O/c1-4-11-20(18(5-2,6-3)14-19)12-15-13-21-17-10-8-7-9-16(15)17/h7-10,15H,4-6,11-14,19H2,1-3H3. The van der Waals surface area contributed by atoms with E-state index in [-0.39, 0.29) is 5.54 Å². The van der Waals surface area contributed by atoms with Crippen LogP contribution in [0.1, 0.15) is 51.5 Å². The number of rotatable bonds is 8. The maximum Gasteiger partial charge on any atom is 0.122 e. The lowest BCUT2D eigenvalue weighted by atomic mass is 9.88. The molecular weight excluding hydrogens is 260 g/mol. The zero-order valence-electron chi connectivity index (χ0n) is 13.8. The molecule has 1 aliphatic heterocycles. The number of hydrogen-bond donors (Lipinski definition) is 1. The van der Waals surface area contributed by atoms with Gasteiger partial charge in [-0.3, -0.25) is 4.90 Å². The first-order chi connectivity index (χ1) is 10.2. The van der Waals surface area contributed by atoms with Crippen LogP contribution in [-0.2, 0) is 0 Å². The molecule has 118 valence electrons. The first-order valence-electron chi connectivity index (χ1n) is 8.37. The zero-order valence-corrected chi connectivity index (χ0v) is 13.8.